The van der Waals surface area contributed by atoms with E-state index in [-0.39, 0.29) is 34.5 Å². The van der Waals surface area contributed by atoms with Crippen molar-refractivity contribution in [3.63, 3.8) is 0 Å². The lowest BCUT2D eigenvalue weighted by Crippen LogP contribution is -2.25. The Morgan fingerprint density at radius 2 is 1.50 bits per heavy atom. The lowest BCUT2D eigenvalue weighted by atomic mass is 10.1. The van der Waals surface area contributed by atoms with E-state index in [9.17, 15) is 23.2 Å². The summed E-state index contributed by atoms with van der Waals surface area (Å²) in [5, 5.41) is 11.0. The van der Waals surface area contributed by atoms with Crippen molar-refractivity contribution in [2.75, 3.05) is 21.3 Å². The number of ether oxygens (including phenoxy) is 2. The SMILES string of the molecule is C=CC(=O)Nc1cccc(Nc2ncc(NC(=O)c3cc(NC(=O)c4ccc5c(c4)OC(F)(F)O5)ccc3C)cn2)c1. The van der Waals surface area contributed by atoms with Gasteiger partial charge in [0.05, 0.1) is 18.1 Å². The zero-order valence-corrected chi connectivity index (χ0v) is 21.9. The largest absolute Gasteiger partial charge is 0.586 e. The van der Waals surface area contributed by atoms with Crippen molar-refractivity contribution in [2.24, 2.45) is 0 Å². The molecule has 3 amide bonds. The molecule has 42 heavy (non-hydrogen) atoms. The number of amides is 3. The van der Waals surface area contributed by atoms with Gasteiger partial charge in [-0.05, 0) is 67.1 Å². The fraction of sp³-hybridized carbons (Fsp3) is 0.0690. The first-order valence-corrected chi connectivity index (χ1v) is 12.3. The molecule has 11 nitrogen and oxygen atoms in total. The summed E-state index contributed by atoms with van der Waals surface area (Å²) in [6.45, 7) is 5.15. The molecule has 0 saturated heterocycles. The predicted octanol–water partition coefficient (Wildman–Crippen LogP) is 5.48. The zero-order valence-electron chi connectivity index (χ0n) is 21.9. The predicted molar refractivity (Wildman–Crippen MR) is 150 cm³/mol. The Balaban J connectivity index is 1.22. The second-order valence-electron chi connectivity index (χ2n) is 8.96. The Kier molecular flexibility index (Phi) is 7.47. The zero-order chi connectivity index (χ0) is 29.9. The highest BCUT2D eigenvalue weighted by molar-refractivity contribution is 6.08. The third-order valence-electron chi connectivity index (χ3n) is 5.88. The fourth-order valence-corrected chi connectivity index (χ4v) is 3.89. The summed E-state index contributed by atoms with van der Waals surface area (Å²) in [6.07, 6.45) is 0.204. The molecule has 1 aromatic heterocycles. The molecule has 2 heterocycles. The fourth-order valence-electron chi connectivity index (χ4n) is 3.89. The first-order chi connectivity index (χ1) is 20.1. The number of fused-ring (bicyclic) bond motifs is 1. The van der Waals surface area contributed by atoms with E-state index in [1.807, 2.05) is 0 Å². The molecule has 0 radical (unpaired) electrons. The molecule has 4 aromatic rings. The van der Waals surface area contributed by atoms with Crippen molar-refractivity contribution in [3.8, 4) is 11.5 Å². The number of hydrogen-bond donors (Lipinski definition) is 4. The quantitative estimate of drug-likeness (QED) is 0.203. The monoisotopic (exact) mass is 572 g/mol. The summed E-state index contributed by atoms with van der Waals surface area (Å²) in [4.78, 5) is 45.7. The molecule has 1 aliphatic rings. The summed E-state index contributed by atoms with van der Waals surface area (Å²) in [5.41, 5.74) is 2.78. The van der Waals surface area contributed by atoms with Gasteiger partial charge >= 0.3 is 6.29 Å². The van der Waals surface area contributed by atoms with E-state index >= 15 is 0 Å². The maximum absolute atomic E-state index is 13.3. The van der Waals surface area contributed by atoms with Gasteiger partial charge in [0.25, 0.3) is 11.8 Å². The topological polar surface area (TPSA) is 144 Å². The minimum atomic E-state index is -3.80. The Morgan fingerprint density at radius 3 is 2.26 bits per heavy atom. The van der Waals surface area contributed by atoms with E-state index in [4.69, 9.17) is 0 Å². The molecule has 1 aliphatic heterocycles. The van der Waals surface area contributed by atoms with Gasteiger partial charge in [0, 0.05) is 28.2 Å². The number of hydrogen-bond acceptors (Lipinski definition) is 8. The Bertz CT molecular complexity index is 1710. The highest BCUT2D eigenvalue weighted by Gasteiger charge is 2.43. The van der Waals surface area contributed by atoms with Crippen LogP contribution in [-0.2, 0) is 4.79 Å². The van der Waals surface area contributed by atoms with Crippen LogP contribution in [0.4, 0.5) is 37.5 Å². The first kappa shape index (κ1) is 27.7. The van der Waals surface area contributed by atoms with Gasteiger partial charge in [-0.1, -0.05) is 18.7 Å². The molecule has 13 heteroatoms. The second kappa shape index (κ2) is 11.3. The summed E-state index contributed by atoms with van der Waals surface area (Å²) < 4.78 is 35.3. The van der Waals surface area contributed by atoms with Crippen molar-refractivity contribution in [3.05, 3.63) is 102 Å². The molecule has 0 atom stereocenters. The normalized spacial score (nSPS) is 12.6. The van der Waals surface area contributed by atoms with Crippen LogP contribution in [0.2, 0.25) is 0 Å². The molecular formula is C29H22F2N6O5. The van der Waals surface area contributed by atoms with E-state index in [2.05, 4.69) is 47.3 Å². The Labute approximate surface area is 237 Å². The van der Waals surface area contributed by atoms with Crippen molar-refractivity contribution in [1.82, 2.24) is 9.97 Å². The van der Waals surface area contributed by atoms with Crippen molar-refractivity contribution < 1.29 is 32.6 Å². The molecular weight excluding hydrogens is 550 g/mol. The molecule has 212 valence electrons. The van der Waals surface area contributed by atoms with Gasteiger partial charge in [-0.15, -0.1) is 8.78 Å². The van der Waals surface area contributed by atoms with Gasteiger partial charge < -0.3 is 30.7 Å². The highest BCUT2D eigenvalue weighted by Crippen LogP contribution is 2.41. The van der Waals surface area contributed by atoms with E-state index in [0.29, 0.717) is 28.3 Å². The van der Waals surface area contributed by atoms with Gasteiger partial charge in [0.1, 0.15) is 0 Å². The second-order valence-corrected chi connectivity index (χ2v) is 8.96. The number of halogens is 2. The molecule has 0 unspecified atom stereocenters. The third-order valence-corrected chi connectivity index (χ3v) is 5.88. The van der Waals surface area contributed by atoms with E-state index < -0.39 is 18.1 Å². The summed E-state index contributed by atoms with van der Waals surface area (Å²) in [6, 6.07) is 15.3. The van der Waals surface area contributed by atoms with Gasteiger partial charge in [-0.25, -0.2) is 9.97 Å². The van der Waals surface area contributed by atoms with Crippen LogP contribution in [0, 0.1) is 6.92 Å². The Morgan fingerprint density at radius 1 is 0.810 bits per heavy atom. The van der Waals surface area contributed by atoms with E-state index in [1.54, 1.807) is 43.3 Å². The first-order valence-electron chi connectivity index (χ1n) is 12.3. The summed E-state index contributed by atoms with van der Waals surface area (Å²) >= 11 is 0. The number of nitrogens with one attached hydrogen (secondary N) is 4. The molecule has 3 aromatic carbocycles. The summed E-state index contributed by atoms with van der Waals surface area (Å²) in [7, 11) is 0. The number of aromatic nitrogens is 2. The number of benzene rings is 3. The minimum Gasteiger partial charge on any atom is -0.395 e. The number of aryl methyl sites for hydroxylation is 1. The van der Waals surface area contributed by atoms with Crippen LogP contribution in [0.25, 0.3) is 0 Å². The smallest absolute Gasteiger partial charge is 0.395 e. The number of carbonyl (C=O) groups is 3. The lowest BCUT2D eigenvalue weighted by Gasteiger charge is -2.11. The minimum absolute atomic E-state index is 0.0562. The number of carbonyl (C=O) groups excluding carboxylic acids is 3. The third kappa shape index (κ3) is 6.47. The number of alkyl halides is 2. The van der Waals surface area contributed by atoms with Crippen LogP contribution in [0.3, 0.4) is 0 Å². The molecule has 0 bridgehead atoms. The molecule has 0 fully saturated rings. The van der Waals surface area contributed by atoms with Gasteiger partial charge in [0.15, 0.2) is 11.5 Å². The molecule has 0 aliphatic carbocycles. The van der Waals surface area contributed by atoms with Crippen LogP contribution >= 0.6 is 0 Å². The van der Waals surface area contributed by atoms with E-state index in [1.165, 1.54) is 36.7 Å². The van der Waals surface area contributed by atoms with Crippen molar-refractivity contribution in [2.45, 2.75) is 13.2 Å². The van der Waals surface area contributed by atoms with Crippen LogP contribution < -0.4 is 30.7 Å². The Hall–Kier alpha value is -5.85. The average Bonchev–Trinajstić information content (AvgIpc) is 3.28. The number of anilines is 5. The van der Waals surface area contributed by atoms with Crippen LogP contribution in [0.1, 0.15) is 26.3 Å². The molecule has 0 spiro atoms. The van der Waals surface area contributed by atoms with Crippen LogP contribution in [0.5, 0.6) is 11.5 Å². The number of rotatable bonds is 8. The van der Waals surface area contributed by atoms with Crippen LogP contribution in [0.15, 0.2) is 85.7 Å². The van der Waals surface area contributed by atoms with Gasteiger partial charge in [-0.2, -0.15) is 0 Å². The number of nitrogens with zero attached hydrogens (tertiary/aromatic N) is 2. The summed E-state index contributed by atoms with van der Waals surface area (Å²) in [5.74, 6) is -1.59. The molecule has 0 saturated carbocycles. The molecule has 4 N–H and O–H groups in total. The molecule has 5 rings (SSSR count). The van der Waals surface area contributed by atoms with Crippen LogP contribution in [-0.4, -0.2) is 34.0 Å². The highest BCUT2D eigenvalue weighted by atomic mass is 19.3. The maximum atomic E-state index is 13.3. The average molecular weight is 573 g/mol. The van der Waals surface area contributed by atoms with Crippen molar-refractivity contribution >= 4 is 46.4 Å². The van der Waals surface area contributed by atoms with E-state index in [0.717, 1.165) is 6.07 Å². The lowest BCUT2D eigenvalue weighted by molar-refractivity contribution is -0.286. The van der Waals surface area contributed by atoms with Crippen molar-refractivity contribution in [1.29, 1.82) is 0 Å². The van der Waals surface area contributed by atoms with Gasteiger partial charge in [0.2, 0.25) is 11.9 Å². The standard InChI is InChI=1S/C29H22F2N6O5/c1-3-25(38)34-18-5-4-6-19(12-18)37-28-32-14-21(15-33-28)36-27(40)22-13-20(9-7-16(22)2)35-26(39)17-8-10-23-24(11-17)42-29(30,31)41-23/h3-15H,1H2,2H3,(H,34,38)(H,35,39)(H,36,40)(H,32,33,37). The maximum Gasteiger partial charge on any atom is 0.586 e. The van der Waals surface area contributed by atoms with Gasteiger partial charge in [-0.3, -0.25) is 14.4 Å².